The quantitative estimate of drug-likeness (QED) is 0.419. The molecule has 1 amide bonds. The van der Waals surface area contributed by atoms with Crippen LogP contribution in [-0.2, 0) is 15.1 Å². The molecule has 4 aliphatic heterocycles. The highest BCUT2D eigenvalue weighted by Gasteiger charge is 2.54. The first-order valence-corrected chi connectivity index (χ1v) is 13.6. The fourth-order valence-electron chi connectivity index (χ4n) is 5.74. The Hall–Kier alpha value is -4.20. The molecule has 0 radical (unpaired) electrons. The molecule has 4 aliphatic rings. The molecule has 0 aromatic heterocycles. The average molecular weight is 526 g/mol. The largest absolute Gasteiger partial charge is 0.456 e. The number of amides is 1. The van der Waals surface area contributed by atoms with Gasteiger partial charge >= 0.3 is 12.1 Å². The maximum Gasteiger partial charge on any atom is 0.412 e. The van der Waals surface area contributed by atoms with Crippen molar-refractivity contribution in [2.24, 2.45) is 0 Å². The number of hydrogen-bond donors (Lipinski definition) is 1. The molecule has 7 rings (SSSR count). The Morgan fingerprint density at radius 1 is 0.846 bits per heavy atom. The summed E-state index contributed by atoms with van der Waals surface area (Å²) in [6.45, 7) is 9.49. The van der Waals surface area contributed by atoms with E-state index in [9.17, 15) is 9.59 Å². The van der Waals surface area contributed by atoms with E-state index in [2.05, 4.69) is 27.2 Å². The number of anilines is 3. The molecule has 200 valence electrons. The third-order valence-corrected chi connectivity index (χ3v) is 7.86. The highest BCUT2D eigenvalue weighted by Crippen LogP contribution is 2.57. The Labute approximate surface area is 227 Å². The van der Waals surface area contributed by atoms with E-state index in [1.807, 2.05) is 51.1 Å². The first-order chi connectivity index (χ1) is 18.7. The van der Waals surface area contributed by atoms with Crippen molar-refractivity contribution >= 4 is 29.1 Å². The second-order valence-electron chi connectivity index (χ2n) is 11.6. The summed E-state index contributed by atoms with van der Waals surface area (Å²) < 4.78 is 18.4. The SMILES string of the molecule is CC(C)(C)OC(=O)Nc1ccc2c(c1)C1(OC2=O)c2ccc(N3CCC3)cc2Oc2cc(N3CCC3)ccc21. The molecule has 1 N–H and O–H groups in total. The van der Waals surface area contributed by atoms with Gasteiger partial charge in [-0.3, -0.25) is 5.32 Å². The number of fused-ring (bicyclic) bond motifs is 6. The molecular weight excluding hydrogens is 494 g/mol. The molecule has 0 saturated carbocycles. The van der Waals surface area contributed by atoms with Crippen molar-refractivity contribution in [3.63, 3.8) is 0 Å². The summed E-state index contributed by atoms with van der Waals surface area (Å²) in [4.78, 5) is 30.5. The molecule has 4 heterocycles. The van der Waals surface area contributed by atoms with Gasteiger partial charge in [0.1, 0.15) is 17.1 Å². The lowest BCUT2D eigenvalue weighted by atomic mass is 9.77. The molecular formula is C31H31N3O5. The third kappa shape index (κ3) is 3.80. The van der Waals surface area contributed by atoms with Gasteiger partial charge in [-0.05, 0) is 76.1 Å². The van der Waals surface area contributed by atoms with Gasteiger partial charge in [-0.1, -0.05) is 0 Å². The number of ether oxygens (including phenoxy) is 3. The number of carbonyl (C=O) groups excluding carboxylic acids is 2. The summed E-state index contributed by atoms with van der Waals surface area (Å²) in [5.41, 5.74) is 3.50. The lowest BCUT2D eigenvalue weighted by Crippen LogP contribution is -2.38. The van der Waals surface area contributed by atoms with Gasteiger partial charge < -0.3 is 24.0 Å². The van der Waals surface area contributed by atoms with Crippen LogP contribution in [0.2, 0.25) is 0 Å². The standard InChI is InChI=1S/C31H31N3O5/c1-30(2,3)39-29(36)32-19-6-9-22-25(16-19)31(38-28(22)35)23-10-7-20(33-12-4-13-33)17-26(23)37-27-18-21(8-11-24(27)31)34-14-5-15-34/h6-11,16-18H,4-5,12-15H2,1-3H3,(H,32,36). The Morgan fingerprint density at radius 3 is 1.95 bits per heavy atom. The van der Waals surface area contributed by atoms with Crippen LogP contribution < -0.4 is 19.9 Å². The monoisotopic (exact) mass is 525 g/mol. The van der Waals surface area contributed by atoms with E-state index in [1.165, 1.54) is 12.8 Å². The Kier molecular flexibility index (Phi) is 5.14. The lowest BCUT2D eigenvalue weighted by molar-refractivity contribution is 0.0224. The number of nitrogens with zero attached hydrogens (tertiary/aromatic N) is 2. The maximum atomic E-state index is 13.3. The highest BCUT2D eigenvalue weighted by molar-refractivity contribution is 5.98. The molecule has 8 nitrogen and oxygen atoms in total. The first kappa shape index (κ1) is 23.9. The second kappa shape index (κ2) is 8.40. The van der Waals surface area contributed by atoms with Crippen molar-refractivity contribution in [3.05, 3.63) is 76.9 Å². The summed E-state index contributed by atoms with van der Waals surface area (Å²) in [5.74, 6) is 0.920. The van der Waals surface area contributed by atoms with Gasteiger partial charge in [0.15, 0.2) is 5.60 Å². The maximum absolute atomic E-state index is 13.3. The van der Waals surface area contributed by atoms with E-state index in [4.69, 9.17) is 14.2 Å². The van der Waals surface area contributed by atoms with E-state index in [-0.39, 0.29) is 0 Å². The van der Waals surface area contributed by atoms with Crippen LogP contribution in [0.5, 0.6) is 11.5 Å². The number of nitrogens with one attached hydrogen (secondary N) is 1. The van der Waals surface area contributed by atoms with Gasteiger partial charge in [0.2, 0.25) is 0 Å². The fourth-order valence-corrected chi connectivity index (χ4v) is 5.74. The van der Waals surface area contributed by atoms with Gasteiger partial charge in [-0.2, -0.15) is 0 Å². The van der Waals surface area contributed by atoms with Crippen LogP contribution >= 0.6 is 0 Å². The fraction of sp³-hybridized carbons (Fsp3) is 0.355. The van der Waals surface area contributed by atoms with Crippen LogP contribution in [0.15, 0.2) is 54.6 Å². The first-order valence-electron chi connectivity index (χ1n) is 13.6. The summed E-state index contributed by atoms with van der Waals surface area (Å²) in [5, 5.41) is 2.82. The number of hydrogen-bond acceptors (Lipinski definition) is 7. The van der Waals surface area contributed by atoms with Gasteiger partial charge in [0.25, 0.3) is 0 Å². The number of esters is 1. The van der Waals surface area contributed by atoms with Gasteiger partial charge in [-0.25, -0.2) is 9.59 Å². The van der Waals surface area contributed by atoms with Crippen LogP contribution in [0.25, 0.3) is 0 Å². The van der Waals surface area contributed by atoms with Crippen LogP contribution in [-0.4, -0.2) is 43.8 Å². The summed E-state index contributed by atoms with van der Waals surface area (Å²) in [6.07, 6.45) is 1.78. The van der Waals surface area contributed by atoms with E-state index >= 15 is 0 Å². The number of rotatable bonds is 3. The van der Waals surface area contributed by atoms with Gasteiger partial charge in [0.05, 0.1) is 5.56 Å². The lowest BCUT2D eigenvalue weighted by Gasteiger charge is -2.39. The van der Waals surface area contributed by atoms with Crippen LogP contribution in [0, 0.1) is 0 Å². The Bertz CT molecular complexity index is 1450. The van der Waals surface area contributed by atoms with E-state index in [0.717, 1.165) is 48.7 Å². The summed E-state index contributed by atoms with van der Waals surface area (Å²) >= 11 is 0. The molecule has 8 heteroatoms. The van der Waals surface area contributed by atoms with Gasteiger partial charge in [0, 0.05) is 72.1 Å². The molecule has 39 heavy (non-hydrogen) atoms. The smallest absolute Gasteiger partial charge is 0.412 e. The number of benzene rings is 3. The van der Waals surface area contributed by atoms with Crippen molar-refractivity contribution in [1.82, 2.24) is 0 Å². The Balaban J connectivity index is 1.38. The topological polar surface area (TPSA) is 80.3 Å². The zero-order valence-corrected chi connectivity index (χ0v) is 22.4. The Morgan fingerprint density at radius 2 is 1.44 bits per heavy atom. The molecule has 3 aromatic carbocycles. The molecule has 2 fully saturated rings. The molecule has 1 spiro atoms. The molecule has 0 atom stereocenters. The highest BCUT2D eigenvalue weighted by atomic mass is 16.6. The predicted molar refractivity (Wildman–Crippen MR) is 148 cm³/mol. The minimum atomic E-state index is -1.21. The minimum Gasteiger partial charge on any atom is -0.456 e. The molecule has 3 aromatic rings. The van der Waals surface area contributed by atoms with Crippen molar-refractivity contribution in [2.45, 2.75) is 44.8 Å². The zero-order valence-electron chi connectivity index (χ0n) is 22.4. The average Bonchev–Trinajstić information content (AvgIpc) is 3.07. The van der Waals surface area contributed by atoms with E-state index in [1.54, 1.807) is 12.1 Å². The van der Waals surface area contributed by atoms with Crippen LogP contribution in [0.3, 0.4) is 0 Å². The second-order valence-corrected chi connectivity index (χ2v) is 11.6. The van der Waals surface area contributed by atoms with Crippen molar-refractivity contribution in [1.29, 1.82) is 0 Å². The third-order valence-electron chi connectivity index (χ3n) is 7.86. The predicted octanol–water partition coefficient (Wildman–Crippen LogP) is 6.02. The van der Waals surface area contributed by atoms with Crippen molar-refractivity contribution in [3.8, 4) is 11.5 Å². The molecule has 0 bridgehead atoms. The molecule has 0 unspecified atom stereocenters. The van der Waals surface area contributed by atoms with E-state index < -0.39 is 23.3 Å². The van der Waals surface area contributed by atoms with Gasteiger partial charge in [-0.15, -0.1) is 0 Å². The van der Waals surface area contributed by atoms with Crippen LogP contribution in [0.4, 0.5) is 21.9 Å². The zero-order chi connectivity index (χ0) is 26.9. The van der Waals surface area contributed by atoms with Crippen LogP contribution in [0.1, 0.15) is 60.7 Å². The van der Waals surface area contributed by atoms with E-state index in [0.29, 0.717) is 28.3 Å². The summed E-state index contributed by atoms with van der Waals surface area (Å²) in [6, 6.07) is 17.5. The molecule has 0 aliphatic carbocycles. The minimum absolute atomic E-state index is 0.411. The normalized spacial score (nSPS) is 18.2. The van der Waals surface area contributed by atoms with Crippen molar-refractivity contribution in [2.75, 3.05) is 41.3 Å². The number of carbonyl (C=O) groups is 2. The van der Waals surface area contributed by atoms with Crippen molar-refractivity contribution < 1.29 is 23.8 Å². The molecule has 2 saturated heterocycles. The summed E-state index contributed by atoms with van der Waals surface area (Å²) in [7, 11) is 0.